The Hall–Kier alpha value is -1.93. The van der Waals surface area contributed by atoms with Crippen molar-refractivity contribution in [2.75, 3.05) is 19.6 Å². The van der Waals surface area contributed by atoms with Crippen molar-refractivity contribution in [3.63, 3.8) is 0 Å². The highest BCUT2D eigenvalue weighted by Gasteiger charge is 2.30. The van der Waals surface area contributed by atoms with E-state index >= 15 is 0 Å². The van der Waals surface area contributed by atoms with Crippen molar-refractivity contribution in [2.24, 2.45) is 11.8 Å². The van der Waals surface area contributed by atoms with Crippen LogP contribution in [0.2, 0.25) is 0 Å². The first kappa shape index (κ1) is 24.7. The Kier molecular flexibility index (Phi) is 8.71. The lowest BCUT2D eigenvalue weighted by Crippen LogP contribution is -2.49. The topological polar surface area (TPSA) is 95.6 Å². The van der Waals surface area contributed by atoms with Crippen LogP contribution in [0.25, 0.3) is 0 Å². The molecule has 0 spiro atoms. The average Bonchev–Trinajstić information content (AvgIpc) is 3.07. The molecule has 1 atom stereocenters. The Labute approximate surface area is 192 Å². The number of amides is 2. The minimum atomic E-state index is -3.52. The van der Waals surface area contributed by atoms with Crippen LogP contribution in [0.15, 0.2) is 29.2 Å². The van der Waals surface area contributed by atoms with E-state index in [4.69, 9.17) is 0 Å². The van der Waals surface area contributed by atoms with Gasteiger partial charge in [0.1, 0.15) is 6.04 Å². The molecule has 32 heavy (non-hydrogen) atoms. The van der Waals surface area contributed by atoms with Gasteiger partial charge in [-0.3, -0.25) is 9.59 Å². The maximum Gasteiger partial charge on any atom is 0.244 e. The molecule has 1 heterocycles. The number of aryl methyl sites for hydroxylation is 1. The first-order valence-corrected chi connectivity index (χ1v) is 13.4. The predicted octanol–water partition coefficient (Wildman–Crippen LogP) is 2.99. The SMILES string of the molecule is Cc1ccc(S(=O)(=O)NCC2CCC(C(=O)N[C@H](C)C(=O)N3CCCCCC3)CC2)cc1. The number of hydrogen-bond donors (Lipinski definition) is 2. The van der Waals surface area contributed by atoms with Gasteiger partial charge in [0.25, 0.3) is 0 Å². The third-order valence-electron chi connectivity index (χ3n) is 6.76. The molecule has 8 heteroatoms. The number of sulfonamides is 1. The summed E-state index contributed by atoms with van der Waals surface area (Å²) in [5.74, 6) is 0.0635. The van der Waals surface area contributed by atoms with Crippen LogP contribution in [-0.2, 0) is 19.6 Å². The molecule has 1 aromatic carbocycles. The van der Waals surface area contributed by atoms with Crippen molar-refractivity contribution in [1.29, 1.82) is 0 Å². The standard InChI is InChI=1S/C24H37N3O4S/c1-18-7-13-22(14-8-18)32(30,31)25-17-20-9-11-21(12-10-20)23(28)26-19(2)24(29)27-15-5-3-4-6-16-27/h7-8,13-14,19-21,25H,3-6,9-12,15-17H2,1-2H3,(H,26,28)/t19-,20?,21?/m1/s1. The van der Waals surface area contributed by atoms with Gasteiger partial charge in [-0.2, -0.15) is 0 Å². The van der Waals surface area contributed by atoms with Gasteiger partial charge in [0.15, 0.2) is 0 Å². The van der Waals surface area contributed by atoms with E-state index in [0.717, 1.165) is 57.2 Å². The van der Waals surface area contributed by atoms with Gasteiger partial charge in [-0.1, -0.05) is 30.5 Å². The first-order valence-electron chi connectivity index (χ1n) is 11.9. The lowest BCUT2D eigenvalue weighted by Gasteiger charge is -2.30. The molecule has 1 aliphatic heterocycles. The zero-order valence-electron chi connectivity index (χ0n) is 19.3. The third kappa shape index (κ3) is 6.78. The number of carbonyl (C=O) groups is 2. The maximum atomic E-state index is 12.7. The molecule has 0 radical (unpaired) electrons. The van der Waals surface area contributed by atoms with Gasteiger partial charge < -0.3 is 10.2 Å². The Bertz CT molecular complexity index is 869. The van der Waals surface area contributed by atoms with Gasteiger partial charge >= 0.3 is 0 Å². The summed E-state index contributed by atoms with van der Waals surface area (Å²) in [5, 5.41) is 2.92. The fourth-order valence-electron chi connectivity index (χ4n) is 4.61. The van der Waals surface area contributed by atoms with Crippen LogP contribution in [-0.4, -0.2) is 50.8 Å². The molecule has 0 aromatic heterocycles. The van der Waals surface area contributed by atoms with Crippen molar-refractivity contribution in [1.82, 2.24) is 14.9 Å². The van der Waals surface area contributed by atoms with Crippen LogP contribution >= 0.6 is 0 Å². The highest BCUT2D eigenvalue weighted by molar-refractivity contribution is 7.89. The largest absolute Gasteiger partial charge is 0.344 e. The molecule has 1 aromatic rings. The van der Waals surface area contributed by atoms with E-state index in [9.17, 15) is 18.0 Å². The lowest BCUT2D eigenvalue weighted by atomic mass is 9.81. The van der Waals surface area contributed by atoms with Crippen LogP contribution in [0.1, 0.15) is 63.9 Å². The zero-order chi connectivity index (χ0) is 23.1. The van der Waals surface area contributed by atoms with Crippen LogP contribution in [0.5, 0.6) is 0 Å². The first-order chi connectivity index (χ1) is 15.3. The van der Waals surface area contributed by atoms with E-state index in [2.05, 4.69) is 10.0 Å². The molecule has 1 saturated heterocycles. The minimum absolute atomic E-state index is 0.0134. The molecule has 178 valence electrons. The highest BCUT2D eigenvalue weighted by Crippen LogP contribution is 2.29. The summed E-state index contributed by atoms with van der Waals surface area (Å²) in [4.78, 5) is 27.5. The molecule has 3 rings (SSSR count). The molecule has 2 amide bonds. The van der Waals surface area contributed by atoms with Crippen LogP contribution in [0, 0.1) is 18.8 Å². The fraction of sp³-hybridized carbons (Fsp3) is 0.667. The second kappa shape index (κ2) is 11.3. The summed E-state index contributed by atoms with van der Waals surface area (Å²) in [7, 11) is -3.52. The van der Waals surface area contributed by atoms with Gasteiger partial charge in [0.2, 0.25) is 21.8 Å². The van der Waals surface area contributed by atoms with Crippen molar-refractivity contribution in [2.45, 2.75) is 76.2 Å². The number of nitrogens with zero attached hydrogens (tertiary/aromatic N) is 1. The third-order valence-corrected chi connectivity index (χ3v) is 8.20. The van der Waals surface area contributed by atoms with Gasteiger partial charge in [0, 0.05) is 25.6 Å². The molecule has 2 fully saturated rings. The summed E-state index contributed by atoms with van der Waals surface area (Å²) in [6.07, 6.45) is 7.41. The molecule has 1 saturated carbocycles. The maximum absolute atomic E-state index is 12.7. The molecule has 0 bridgehead atoms. The van der Waals surface area contributed by atoms with Crippen molar-refractivity contribution >= 4 is 21.8 Å². The van der Waals surface area contributed by atoms with Gasteiger partial charge in [-0.25, -0.2) is 13.1 Å². The Balaban J connectivity index is 1.42. The van der Waals surface area contributed by atoms with Crippen molar-refractivity contribution in [3.8, 4) is 0 Å². The van der Waals surface area contributed by atoms with Crippen molar-refractivity contribution < 1.29 is 18.0 Å². The normalized spacial score (nSPS) is 23.2. The van der Waals surface area contributed by atoms with Gasteiger partial charge in [0.05, 0.1) is 4.90 Å². The van der Waals surface area contributed by atoms with E-state index < -0.39 is 16.1 Å². The quantitative estimate of drug-likeness (QED) is 0.650. The van der Waals surface area contributed by atoms with Crippen LogP contribution < -0.4 is 10.0 Å². The number of likely N-dealkylation sites (tertiary alicyclic amines) is 1. The molecule has 0 unspecified atom stereocenters. The number of nitrogens with one attached hydrogen (secondary N) is 2. The molecule has 1 aliphatic carbocycles. The summed E-state index contributed by atoms with van der Waals surface area (Å²) in [6.45, 7) is 5.64. The fourth-order valence-corrected chi connectivity index (χ4v) is 5.73. The number of carbonyl (C=O) groups excluding carboxylic acids is 2. The Morgan fingerprint density at radius 2 is 1.59 bits per heavy atom. The summed E-state index contributed by atoms with van der Waals surface area (Å²) >= 11 is 0. The van der Waals surface area contributed by atoms with Crippen LogP contribution in [0.4, 0.5) is 0 Å². The monoisotopic (exact) mass is 463 g/mol. The molecular weight excluding hydrogens is 426 g/mol. The lowest BCUT2D eigenvalue weighted by molar-refractivity contribution is -0.137. The van der Waals surface area contributed by atoms with E-state index in [1.54, 1.807) is 31.2 Å². The van der Waals surface area contributed by atoms with Gasteiger partial charge in [-0.05, 0) is 70.4 Å². The Morgan fingerprint density at radius 1 is 1.00 bits per heavy atom. The highest BCUT2D eigenvalue weighted by atomic mass is 32.2. The smallest absolute Gasteiger partial charge is 0.244 e. The van der Waals surface area contributed by atoms with E-state index in [-0.39, 0.29) is 28.5 Å². The van der Waals surface area contributed by atoms with Crippen molar-refractivity contribution in [3.05, 3.63) is 29.8 Å². The molecule has 2 aliphatic rings. The summed E-state index contributed by atoms with van der Waals surface area (Å²) in [5.41, 5.74) is 1.02. The second-order valence-corrected chi connectivity index (χ2v) is 11.1. The minimum Gasteiger partial charge on any atom is -0.344 e. The van der Waals surface area contributed by atoms with Gasteiger partial charge in [-0.15, -0.1) is 0 Å². The number of rotatable bonds is 7. The average molecular weight is 464 g/mol. The zero-order valence-corrected chi connectivity index (χ0v) is 20.1. The van der Waals surface area contributed by atoms with Crippen LogP contribution in [0.3, 0.4) is 0 Å². The van der Waals surface area contributed by atoms with E-state index in [1.807, 2.05) is 11.8 Å². The Morgan fingerprint density at radius 3 is 2.19 bits per heavy atom. The summed E-state index contributed by atoms with van der Waals surface area (Å²) < 4.78 is 27.7. The molecule has 2 N–H and O–H groups in total. The number of hydrogen-bond acceptors (Lipinski definition) is 4. The predicted molar refractivity (Wildman–Crippen MR) is 124 cm³/mol. The molecule has 7 nitrogen and oxygen atoms in total. The molecular formula is C24H37N3O4S. The summed E-state index contributed by atoms with van der Waals surface area (Å²) in [6, 6.07) is 6.31. The number of benzene rings is 1. The second-order valence-electron chi connectivity index (χ2n) is 9.35. The van der Waals surface area contributed by atoms with E-state index in [0.29, 0.717) is 19.4 Å². The van der Waals surface area contributed by atoms with E-state index in [1.165, 1.54) is 0 Å².